The lowest BCUT2D eigenvalue weighted by Gasteiger charge is -2.24. The van der Waals surface area contributed by atoms with Gasteiger partial charge in [-0.15, -0.1) is 0 Å². The Balaban J connectivity index is 1.25. The second-order valence-corrected chi connectivity index (χ2v) is 10.1. The molecule has 12 heteroatoms. The SMILES string of the molecule is Cn1c(Nc2cc(C3CC3)nn([C@H]3CCCOC3)c2=O)nc2ncc(Oc3cnn4ccccc34)c(Cl)c21. The molecule has 0 unspecified atom stereocenters. The minimum Gasteiger partial charge on any atom is -0.450 e. The van der Waals surface area contributed by atoms with Gasteiger partial charge < -0.3 is 19.4 Å². The van der Waals surface area contributed by atoms with Crippen molar-refractivity contribution in [3.63, 3.8) is 0 Å². The average molecular weight is 533 g/mol. The standard InChI is InChI=1S/C26H25ClN8O3/c1-33-23-22(27)21(38-20-13-29-34-9-3-2-6-19(20)34)12-28-24(23)31-26(33)30-18-11-17(15-7-8-15)32-35(25(18)36)16-5-4-10-37-14-16/h2-3,6,9,11-13,15-16H,4-5,7-8,10,14H2,1H3,(H,28,30,31)/t16-/m0/s1. The maximum absolute atomic E-state index is 13.5. The van der Waals surface area contributed by atoms with Gasteiger partial charge in [-0.25, -0.2) is 14.2 Å². The van der Waals surface area contributed by atoms with Crippen LogP contribution >= 0.6 is 11.6 Å². The second-order valence-electron chi connectivity index (χ2n) is 9.75. The van der Waals surface area contributed by atoms with Crippen LogP contribution in [0.25, 0.3) is 16.7 Å². The monoisotopic (exact) mass is 532 g/mol. The van der Waals surface area contributed by atoms with E-state index in [2.05, 4.69) is 20.4 Å². The van der Waals surface area contributed by atoms with Crippen molar-refractivity contribution in [2.75, 3.05) is 18.5 Å². The van der Waals surface area contributed by atoms with Crippen LogP contribution in [0.2, 0.25) is 5.02 Å². The molecule has 1 N–H and O–H groups in total. The summed E-state index contributed by atoms with van der Waals surface area (Å²) < 4.78 is 16.8. The molecule has 1 aliphatic carbocycles. The Labute approximate surface area is 222 Å². The number of hydrogen-bond donors (Lipinski definition) is 1. The quantitative estimate of drug-likeness (QED) is 0.338. The van der Waals surface area contributed by atoms with Crippen molar-refractivity contribution in [2.45, 2.75) is 37.6 Å². The maximum Gasteiger partial charge on any atom is 0.290 e. The summed E-state index contributed by atoms with van der Waals surface area (Å²) in [5.41, 5.74) is 2.96. The minimum absolute atomic E-state index is 0.0771. The molecular formula is C26H25ClN8O3. The van der Waals surface area contributed by atoms with E-state index in [9.17, 15) is 4.79 Å². The first-order chi connectivity index (χ1) is 18.6. The summed E-state index contributed by atoms with van der Waals surface area (Å²) in [6.45, 7) is 1.21. The van der Waals surface area contributed by atoms with E-state index in [0.29, 0.717) is 51.8 Å². The van der Waals surface area contributed by atoms with Gasteiger partial charge in [-0.3, -0.25) is 4.79 Å². The summed E-state index contributed by atoms with van der Waals surface area (Å²) in [7, 11) is 1.82. The van der Waals surface area contributed by atoms with E-state index in [4.69, 9.17) is 26.2 Å². The lowest BCUT2D eigenvalue weighted by molar-refractivity contribution is 0.0530. The van der Waals surface area contributed by atoms with Gasteiger partial charge in [-0.05, 0) is 43.9 Å². The number of nitrogens with one attached hydrogen (secondary N) is 1. The third kappa shape index (κ3) is 3.98. The van der Waals surface area contributed by atoms with Crippen molar-refractivity contribution in [1.82, 2.24) is 33.9 Å². The highest BCUT2D eigenvalue weighted by atomic mass is 35.5. The number of aryl methyl sites for hydroxylation is 1. The van der Waals surface area contributed by atoms with Gasteiger partial charge in [-0.2, -0.15) is 15.2 Å². The molecule has 0 bridgehead atoms. The fourth-order valence-electron chi connectivity index (χ4n) is 4.89. The van der Waals surface area contributed by atoms with Gasteiger partial charge >= 0.3 is 0 Å². The van der Waals surface area contributed by atoms with Crippen LogP contribution in [0.1, 0.15) is 43.3 Å². The molecule has 6 heterocycles. The molecule has 7 rings (SSSR count). The first kappa shape index (κ1) is 23.2. The zero-order valence-corrected chi connectivity index (χ0v) is 21.4. The van der Waals surface area contributed by atoms with Gasteiger partial charge in [0, 0.05) is 25.8 Å². The lowest BCUT2D eigenvalue weighted by Crippen LogP contribution is -2.34. The Morgan fingerprint density at radius 1 is 1.18 bits per heavy atom. The first-order valence-corrected chi connectivity index (χ1v) is 13.0. The Morgan fingerprint density at radius 2 is 2.08 bits per heavy atom. The van der Waals surface area contributed by atoms with E-state index in [1.54, 1.807) is 26.2 Å². The van der Waals surface area contributed by atoms with Crippen LogP contribution in [0.5, 0.6) is 11.5 Å². The van der Waals surface area contributed by atoms with Gasteiger partial charge in [0.1, 0.15) is 21.7 Å². The number of pyridine rings is 2. The van der Waals surface area contributed by atoms with Gasteiger partial charge in [-0.1, -0.05) is 17.7 Å². The van der Waals surface area contributed by atoms with Crippen LogP contribution in [0, 0.1) is 0 Å². The topological polar surface area (TPSA) is 113 Å². The molecule has 2 fully saturated rings. The highest BCUT2D eigenvalue weighted by Gasteiger charge is 2.29. The number of imidazole rings is 1. The average Bonchev–Trinajstić information content (AvgIpc) is 3.64. The third-order valence-electron chi connectivity index (χ3n) is 7.09. The summed E-state index contributed by atoms with van der Waals surface area (Å²) in [4.78, 5) is 22.6. The van der Waals surface area contributed by atoms with Crippen LogP contribution in [-0.2, 0) is 11.8 Å². The number of ether oxygens (including phenoxy) is 2. The smallest absolute Gasteiger partial charge is 0.290 e. The summed E-state index contributed by atoms with van der Waals surface area (Å²) in [6, 6.07) is 7.48. The summed E-state index contributed by atoms with van der Waals surface area (Å²) in [5.74, 6) is 1.76. The van der Waals surface area contributed by atoms with Gasteiger partial charge in [0.2, 0.25) is 5.95 Å². The Bertz CT molecular complexity index is 1730. The fraction of sp³-hybridized carbons (Fsp3) is 0.346. The van der Waals surface area contributed by atoms with Crippen LogP contribution in [0.3, 0.4) is 0 Å². The second kappa shape index (κ2) is 9.10. The molecule has 1 saturated carbocycles. The number of aromatic nitrogens is 7. The van der Waals surface area contributed by atoms with Gasteiger partial charge in [0.15, 0.2) is 17.1 Å². The van der Waals surface area contributed by atoms with Crippen molar-refractivity contribution in [2.24, 2.45) is 7.05 Å². The van der Waals surface area contributed by atoms with E-state index >= 15 is 0 Å². The molecule has 0 aromatic carbocycles. The Hall–Kier alpha value is -3.96. The number of anilines is 2. The predicted molar refractivity (Wildman–Crippen MR) is 142 cm³/mol. The molecule has 2 aliphatic rings. The molecule has 5 aromatic rings. The minimum atomic E-state index is -0.201. The van der Waals surface area contributed by atoms with Crippen molar-refractivity contribution in [1.29, 1.82) is 0 Å². The molecule has 1 atom stereocenters. The van der Waals surface area contributed by atoms with Crippen molar-refractivity contribution in [3.8, 4) is 11.5 Å². The molecule has 194 valence electrons. The van der Waals surface area contributed by atoms with Gasteiger partial charge in [0.05, 0.1) is 30.7 Å². The number of halogens is 1. The molecule has 5 aromatic heterocycles. The zero-order chi connectivity index (χ0) is 25.8. The van der Waals surface area contributed by atoms with E-state index < -0.39 is 0 Å². The van der Waals surface area contributed by atoms with E-state index in [-0.39, 0.29) is 11.6 Å². The predicted octanol–water partition coefficient (Wildman–Crippen LogP) is 4.59. The fourth-order valence-corrected chi connectivity index (χ4v) is 5.19. The number of nitrogens with zero attached hydrogens (tertiary/aromatic N) is 7. The number of fused-ring (bicyclic) bond motifs is 2. The van der Waals surface area contributed by atoms with Crippen LogP contribution in [0.15, 0.2) is 47.7 Å². The zero-order valence-electron chi connectivity index (χ0n) is 20.7. The van der Waals surface area contributed by atoms with E-state index in [1.165, 1.54) is 0 Å². The normalized spacial score (nSPS) is 17.8. The summed E-state index contributed by atoms with van der Waals surface area (Å²) in [5, 5.41) is 12.6. The van der Waals surface area contributed by atoms with Crippen LogP contribution in [0.4, 0.5) is 11.6 Å². The highest BCUT2D eigenvalue weighted by molar-refractivity contribution is 6.36. The molecule has 0 radical (unpaired) electrons. The van der Waals surface area contributed by atoms with Crippen molar-refractivity contribution >= 4 is 39.9 Å². The Morgan fingerprint density at radius 3 is 2.89 bits per heavy atom. The maximum atomic E-state index is 13.5. The molecular weight excluding hydrogens is 508 g/mol. The van der Waals surface area contributed by atoms with E-state index in [0.717, 1.165) is 43.5 Å². The third-order valence-corrected chi connectivity index (χ3v) is 7.46. The molecule has 1 aliphatic heterocycles. The number of rotatable bonds is 6. The summed E-state index contributed by atoms with van der Waals surface area (Å²) >= 11 is 6.79. The molecule has 38 heavy (non-hydrogen) atoms. The largest absolute Gasteiger partial charge is 0.450 e. The van der Waals surface area contributed by atoms with Crippen molar-refractivity contribution in [3.05, 3.63) is 63.9 Å². The molecule has 1 saturated heterocycles. The van der Waals surface area contributed by atoms with Crippen LogP contribution in [-0.4, -0.2) is 47.1 Å². The Kier molecular flexibility index (Phi) is 5.55. The lowest BCUT2D eigenvalue weighted by atomic mass is 10.1. The molecule has 11 nitrogen and oxygen atoms in total. The summed E-state index contributed by atoms with van der Waals surface area (Å²) in [6.07, 6.45) is 8.94. The highest BCUT2D eigenvalue weighted by Crippen LogP contribution is 2.40. The molecule has 0 spiro atoms. The first-order valence-electron chi connectivity index (χ1n) is 12.7. The van der Waals surface area contributed by atoms with E-state index in [1.807, 2.05) is 37.5 Å². The van der Waals surface area contributed by atoms with Crippen LogP contribution < -0.4 is 15.6 Å². The molecule has 0 amide bonds. The van der Waals surface area contributed by atoms with Gasteiger partial charge in [0.25, 0.3) is 5.56 Å². The number of hydrogen-bond acceptors (Lipinski definition) is 8. The van der Waals surface area contributed by atoms with Crippen molar-refractivity contribution < 1.29 is 9.47 Å².